The SMILES string of the molecule is CO[Si](OC)(OC)C(C)CCCCCN. The molecular weight excluding hydrogens is 210 g/mol. The van der Waals surface area contributed by atoms with E-state index in [1.54, 1.807) is 21.3 Å². The van der Waals surface area contributed by atoms with Crippen LogP contribution in [0.5, 0.6) is 0 Å². The van der Waals surface area contributed by atoms with Gasteiger partial charge < -0.3 is 19.0 Å². The standard InChI is InChI=1S/C10H25NO3Si/c1-10(8-6-5-7-9-11)15(12-2,13-3)14-4/h10H,5-9,11H2,1-4H3. The van der Waals surface area contributed by atoms with Crippen molar-refractivity contribution < 1.29 is 13.3 Å². The van der Waals surface area contributed by atoms with Crippen LogP contribution in [-0.4, -0.2) is 36.7 Å². The molecule has 1 unspecified atom stereocenters. The summed E-state index contributed by atoms with van der Waals surface area (Å²) in [5, 5.41) is 0. The minimum absolute atomic E-state index is 0.343. The summed E-state index contributed by atoms with van der Waals surface area (Å²) in [6.07, 6.45) is 4.49. The van der Waals surface area contributed by atoms with Crippen LogP contribution >= 0.6 is 0 Å². The van der Waals surface area contributed by atoms with Crippen LogP contribution in [0, 0.1) is 0 Å². The molecule has 0 saturated carbocycles. The number of rotatable bonds is 9. The van der Waals surface area contributed by atoms with Crippen LogP contribution in [0.25, 0.3) is 0 Å². The van der Waals surface area contributed by atoms with Crippen molar-refractivity contribution in [1.82, 2.24) is 0 Å². The molecule has 0 radical (unpaired) electrons. The molecule has 0 aliphatic heterocycles. The molecule has 5 heteroatoms. The Labute approximate surface area is 94.5 Å². The number of nitrogens with two attached hydrogens (primary N) is 1. The first-order chi connectivity index (χ1) is 7.16. The van der Waals surface area contributed by atoms with E-state index >= 15 is 0 Å². The molecule has 0 aromatic heterocycles. The van der Waals surface area contributed by atoms with E-state index in [4.69, 9.17) is 19.0 Å². The largest absolute Gasteiger partial charge is 0.503 e. The Morgan fingerprint density at radius 1 is 1.00 bits per heavy atom. The quantitative estimate of drug-likeness (QED) is 0.489. The lowest BCUT2D eigenvalue weighted by Gasteiger charge is -2.30. The van der Waals surface area contributed by atoms with Crippen molar-refractivity contribution >= 4 is 8.80 Å². The zero-order valence-electron chi connectivity index (χ0n) is 10.4. The second-order valence-electron chi connectivity index (χ2n) is 3.75. The van der Waals surface area contributed by atoms with Gasteiger partial charge in [0.1, 0.15) is 0 Å². The van der Waals surface area contributed by atoms with Crippen molar-refractivity contribution in [3.63, 3.8) is 0 Å². The van der Waals surface area contributed by atoms with Gasteiger partial charge in [-0.05, 0) is 19.4 Å². The fourth-order valence-corrected chi connectivity index (χ4v) is 4.07. The van der Waals surface area contributed by atoms with E-state index in [9.17, 15) is 0 Å². The van der Waals surface area contributed by atoms with Gasteiger partial charge in [-0.1, -0.05) is 19.8 Å². The summed E-state index contributed by atoms with van der Waals surface area (Å²) in [6, 6.07) is 0. The predicted molar refractivity (Wildman–Crippen MR) is 63.7 cm³/mol. The molecule has 1 atom stereocenters. The van der Waals surface area contributed by atoms with Gasteiger partial charge in [-0.2, -0.15) is 0 Å². The molecule has 92 valence electrons. The lowest BCUT2D eigenvalue weighted by Crippen LogP contribution is -2.46. The topological polar surface area (TPSA) is 53.7 Å². The lowest BCUT2D eigenvalue weighted by molar-refractivity contribution is 0.111. The van der Waals surface area contributed by atoms with Crippen molar-refractivity contribution in [3.05, 3.63) is 0 Å². The normalized spacial score (nSPS) is 14.2. The molecule has 2 N–H and O–H groups in total. The molecule has 4 nitrogen and oxygen atoms in total. The van der Waals surface area contributed by atoms with Crippen LogP contribution in [-0.2, 0) is 13.3 Å². The monoisotopic (exact) mass is 235 g/mol. The van der Waals surface area contributed by atoms with Gasteiger partial charge in [-0.3, -0.25) is 0 Å². The zero-order chi connectivity index (χ0) is 11.7. The van der Waals surface area contributed by atoms with Gasteiger partial charge >= 0.3 is 8.80 Å². The Morgan fingerprint density at radius 3 is 1.93 bits per heavy atom. The van der Waals surface area contributed by atoms with E-state index in [1.165, 1.54) is 6.42 Å². The molecule has 0 amide bonds. The highest BCUT2D eigenvalue weighted by atomic mass is 28.4. The maximum Gasteiger partial charge on any atom is 0.503 e. The van der Waals surface area contributed by atoms with Gasteiger partial charge in [0.25, 0.3) is 0 Å². The number of hydrogen-bond donors (Lipinski definition) is 1. The first-order valence-electron chi connectivity index (χ1n) is 5.52. The van der Waals surface area contributed by atoms with Crippen LogP contribution < -0.4 is 5.73 Å². The molecule has 0 spiro atoms. The highest BCUT2D eigenvalue weighted by Gasteiger charge is 2.43. The van der Waals surface area contributed by atoms with Crippen LogP contribution in [0.3, 0.4) is 0 Å². The Balaban J connectivity index is 3.97. The summed E-state index contributed by atoms with van der Waals surface area (Å²) < 4.78 is 16.3. The molecular formula is C10H25NO3Si. The summed E-state index contributed by atoms with van der Waals surface area (Å²) >= 11 is 0. The molecule has 0 bridgehead atoms. The maximum absolute atomic E-state index is 5.44. The molecule has 0 aromatic carbocycles. The third-order valence-electron chi connectivity index (χ3n) is 2.80. The van der Waals surface area contributed by atoms with Crippen LogP contribution in [0.1, 0.15) is 32.6 Å². The summed E-state index contributed by atoms with van der Waals surface area (Å²) in [5.41, 5.74) is 5.79. The summed E-state index contributed by atoms with van der Waals surface area (Å²) in [5.74, 6) is 0. The van der Waals surface area contributed by atoms with Crippen molar-refractivity contribution in [3.8, 4) is 0 Å². The smallest absolute Gasteiger partial charge is 0.377 e. The van der Waals surface area contributed by atoms with E-state index in [-0.39, 0.29) is 0 Å². The summed E-state index contributed by atoms with van der Waals surface area (Å²) in [6.45, 7) is 2.90. The fraction of sp³-hybridized carbons (Fsp3) is 1.00. The van der Waals surface area contributed by atoms with Gasteiger partial charge in [-0.15, -0.1) is 0 Å². The predicted octanol–water partition coefficient (Wildman–Crippen LogP) is 1.77. The van der Waals surface area contributed by atoms with Crippen LogP contribution in [0.2, 0.25) is 5.54 Å². The Morgan fingerprint density at radius 2 is 1.53 bits per heavy atom. The average Bonchev–Trinajstić information content (AvgIpc) is 2.28. The average molecular weight is 235 g/mol. The van der Waals surface area contributed by atoms with Gasteiger partial charge in [-0.25, -0.2) is 0 Å². The van der Waals surface area contributed by atoms with E-state index in [2.05, 4.69) is 6.92 Å². The third kappa shape index (κ3) is 4.61. The van der Waals surface area contributed by atoms with Crippen LogP contribution in [0.4, 0.5) is 0 Å². The molecule has 0 aliphatic carbocycles. The highest BCUT2D eigenvalue weighted by molar-refractivity contribution is 6.62. The van der Waals surface area contributed by atoms with Crippen molar-refractivity contribution in [2.45, 2.75) is 38.1 Å². The maximum atomic E-state index is 5.44. The van der Waals surface area contributed by atoms with Gasteiger partial charge in [0.2, 0.25) is 0 Å². The minimum atomic E-state index is -2.41. The molecule has 0 fully saturated rings. The Kier molecular flexibility index (Phi) is 8.27. The minimum Gasteiger partial charge on any atom is -0.377 e. The van der Waals surface area contributed by atoms with Crippen molar-refractivity contribution in [1.29, 1.82) is 0 Å². The first-order valence-corrected chi connectivity index (χ1v) is 7.32. The lowest BCUT2D eigenvalue weighted by atomic mass is 10.1. The fourth-order valence-electron chi connectivity index (χ4n) is 1.80. The van der Waals surface area contributed by atoms with Gasteiger partial charge in [0.15, 0.2) is 0 Å². The van der Waals surface area contributed by atoms with Crippen LogP contribution in [0.15, 0.2) is 0 Å². The molecule has 0 rings (SSSR count). The van der Waals surface area contributed by atoms with Crippen molar-refractivity contribution in [2.24, 2.45) is 5.73 Å². The van der Waals surface area contributed by atoms with E-state index in [0.717, 1.165) is 25.8 Å². The van der Waals surface area contributed by atoms with E-state index in [0.29, 0.717) is 5.54 Å². The highest BCUT2D eigenvalue weighted by Crippen LogP contribution is 2.28. The summed E-state index contributed by atoms with van der Waals surface area (Å²) in [7, 11) is 2.57. The Hall–Kier alpha value is 0.0569. The zero-order valence-corrected chi connectivity index (χ0v) is 11.4. The van der Waals surface area contributed by atoms with Gasteiger partial charge in [0, 0.05) is 26.9 Å². The van der Waals surface area contributed by atoms with Gasteiger partial charge in [0.05, 0.1) is 0 Å². The molecule has 0 heterocycles. The van der Waals surface area contributed by atoms with E-state index < -0.39 is 8.80 Å². The van der Waals surface area contributed by atoms with Crippen molar-refractivity contribution in [2.75, 3.05) is 27.9 Å². The molecule has 0 aliphatic rings. The molecule has 15 heavy (non-hydrogen) atoms. The molecule has 0 saturated heterocycles. The number of unbranched alkanes of at least 4 members (excludes halogenated alkanes) is 2. The second kappa shape index (κ2) is 8.24. The molecule has 0 aromatic rings. The van der Waals surface area contributed by atoms with E-state index in [1.807, 2.05) is 0 Å². The second-order valence-corrected chi connectivity index (χ2v) is 7.17. The first kappa shape index (κ1) is 15.1. The Bertz CT molecular complexity index is 145. The number of hydrogen-bond acceptors (Lipinski definition) is 4. The third-order valence-corrected chi connectivity index (χ3v) is 6.00. The summed E-state index contributed by atoms with van der Waals surface area (Å²) in [4.78, 5) is 0.